The van der Waals surface area contributed by atoms with E-state index in [4.69, 9.17) is 23.2 Å². The molecule has 1 aliphatic rings. The maximum atomic E-state index is 6.24. The van der Waals surface area contributed by atoms with Gasteiger partial charge in [0.25, 0.3) is 0 Å². The highest BCUT2D eigenvalue weighted by molar-refractivity contribution is 6.35. The molecule has 5 nitrogen and oxygen atoms in total. The minimum absolute atomic E-state index is 0. The van der Waals surface area contributed by atoms with Crippen molar-refractivity contribution in [1.29, 1.82) is 0 Å². The van der Waals surface area contributed by atoms with Crippen LogP contribution >= 0.6 is 35.6 Å². The van der Waals surface area contributed by atoms with Gasteiger partial charge in [-0.2, -0.15) is 4.98 Å². The first-order chi connectivity index (χ1) is 10.1. The molecule has 0 unspecified atom stereocenters. The Labute approximate surface area is 145 Å². The van der Waals surface area contributed by atoms with Crippen LogP contribution in [-0.2, 0) is 0 Å². The minimum Gasteiger partial charge on any atom is -0.350 e. The molecule has 1 saturated heterocycles. The van der Waals surface area contributed by atoms with Crippen molar-refractivity contribution in [2.75, 3.05) is 18.4 Å². The molecule has 0 saturated carbocycles. The number of hydrogen-bond donors (Lipinski definition) is 2. The van der Waals surface area contributed by atoms with Crippen LogP contribution in [0.3, 0.4) is 0 Å². The molecule has 0 atom stereocenters. The molecule has 1 aliphatic heterocycles. The van der Waals surface area contributed by atoms with Crippen molar-refractivity contribution in [3.8, 4) is 5.69 Å². The summed E-state index contributed by atoms with van der Waals surface area (Å²) in [7, 11) is 0. The lowest BCUT2D eigenvalue weighted by Gasteiger charge is -2.22. The number of halogens is 3. The maximum Gasteiger partial charge on any atom is 0.242 e. The molecular weight excluding hydrogens is 345 g/mol. The monoisotopic (exact) mass is 361 g/mol. The van der Waals surface area contributed by atoms with Crippen LogP contribution in [0.5, 0.6) is 0 Å². The first kappa shape index (κ1) is 17.3. The Morgan fingerprint density at radius 2 is 2.00 bits per heavy atom. The minimum atomic E-state index is 0. The lowest BCUT2D eigenvalue weighted by atomic mass is 10.1. The number of anilines is 1. The van der Waals surface area contributed by atoms with Gasteiger partial charge >= 0.3 is 0 Å². The number of nitrogens with zero attached hydrogens (tertiary/aromatic N) is 3. The average molecular weight is 363 g/mol. The molecule has 2 aromatic rings. The molecule has 8 heteroatoms. The zero-order chi connectivity index (χ0) is 14.8. The molecule has 120 valence electrons. The number of nitrogens with one attached hydrogen (secondary N) is 2. The van der Waals surface area contributed by atoms with E-state index in [0.29, 0.717) is 22.0 Å². The van der Waals surface area contributed by atoms with Crippen molar-refractivity contribution in [3.63, 3.8) is 0 Å². The molecule has 0 amide bonds. The van der Waals surface area contributed by atoms with Crippen molar-refractivity contribution in [2.24, 2.45) is 0 Å². The van der Waals surface area contributed by atoms with Crippen LogP contribution in [0.15, 0.2) is 18.2 Å². The van der Waals surface area contributed by atoms with Gasteiger partial charge in [0.2, 0.25) is 5.95 Å². The van der Waals surface area contributed by atoms with E-state index in [1.165, 1.54) is 0 Å². The van der Waals surface area contributed by atoms with Gasteiger partial charge in [0, 0.05) is 11.1 Å². The molecule has 3 rings (SSSR count). The van der Waals surface area contributed by atoms with Gasteiger partial charge in [0.15, 0.2) is 0 Å². The van der Waals surface area contributed by atoms with E-state index in [-0.39, 0.29) is 12.4 Å². The van der Waals surface area contributed by atoms with Gasteiger partial charge in [-0.1, -0.05) is 23.2 Å². The molecule has 0 aliphatic carbocycles. The summed E-state index contributed by atoms with van der Waals surface area (Å²) in [6, 6.07) is 5.77. The maximum absolute atomic E-state index is 6.24. The lowest BCUT2D eigenvalue weighted by molar-refractivity contribution is 0.477. The number of benzene rings is 1. The molecule has 0 radical (unpaired) electrons. The van der Waals surface area contributed by atoms with Gasteiger partial charge < -0.3 is 10.6 Å². The third-order valence-corrected chi connectivity index (χ3v) is 4.12. The standard InChI is InChI=1S/C14H17Cl2N5.ClH/c1-9-18-14(19-11-4-6-17-7-5-11)20-21(9)13-3-2-10(15)8-12(13)16;/h2-3,8,11,17H,4-7H2,1H3,(H,19,20);1H. The van der Waals surface area contributed by atoms with E-state index in [1.54, 1.807) is 16.8 Å². The quantitative estimate of drug-likeness (QED) is 0.878. The van der Waals surface area contributed by atoms with Crippen molar-refractivity contribution < 1.29 is 0 Å². The molecular formula is C14H18Cl3N5. The highest BCUT2D eigenvalue weighted by Crippen LogP contribution is 2.25. The fourth-order valence-corrected chi connectivity index (χ4v) is 2.97. The Balaban J connectivity index is 0.00000176. The van der Waals surface area contributed by atoms with E-state index in [1.807, 2.05) is 13.0 Å². The fourth-order valence-electron chi connectivity index (χ4n) is 2.48. The van der Waals surface area contributed by atoms with E-state index in [2.05, 4.69) is 20.7 Å². The van der Waals surface area contributed by atoms with E-state index >= 15 is 0 Å². The summed E-state index contributed by atoms with van der Waals surface area (Å²) in [5.41, 5.74) is 0.782. The first-order valence-electron chi connectivity index (χ1n) is 7.00. The summed E-state index contributed by atoms with van der Waals surface area (Å²) >= 11 is 12.2. The summed E-state index contributed by atoms with van der Waals surface area (Å²) in [4.78, 5) is 4.47. The Bertz CT molecular complexity index is 637. The van der Waals surface area contributed by atoms with Crippen molar-refractivity contribution in [2.45, 2.75) is 25.8 Å². The van der Waals surface area contributed by atoms with Crippen LogP contribution in [0.2, 0.25) is 10.0 Å². The molecule has 0 bridgehead atoms. The largest absolute Gasteiger partial charge is 0.350 e. The smallest absolute Gasteiger partial charge is 0.242 e. The van der Waals surface area contributed by atoms with Crippen LogP contribution in [0.25, 0.3) is 5.69 Å². The Kier molecular flexibility index (Phi) is 5.92. The highest BCUT2D eigenvalue weighted by Gasteiger charge is 2.16. The zero-order valence-electron chi connectivity index (χ0n) is 12.1. The predicted octanol–water partition coefficient (Wildman–Crippen LogP) is 3.47. The third kappa shape index (κ3) is 3.84. The van der Waals surface area contributed by atoms with Gasteiger partial charge in [0.05, 0.1) is 10.7 Å². The first-order valence-corrected chi connectivity index (χ1v) is 7.75. The van der Waals surface area contributed by atoms with E-state index in [0.717, 1.165) is 37.4 Å². The summed E-state index contributed by atoms with van der Waals surface area (Å²) in [6.07, 6.45) is 2.16. The van der Waals surface area contributed by atoms with Gasteiger partial charge in [-0.15, -0.1) is 17.5 Å². The molecule has 2 heterocycles. The zero-order valence-corrected chi connectivity index (χ0v) is 14.5. The van der Waals surface area contributed by atoms with Gasteiger partial charge in [0.1, 0.15) is 5.82 Å². The molecule has 1 aromatic heterocycles. The van der Waals surface area contributed by atoms with E-state index in [9.17, 15) is 0 Å². The fraction of sp³-hybridized carbons (Fsp3) is 0.429. The number of piperidine rings is 1. The molecule has 1 aromatic carbocycles. The second kappa shape index (κ2) is 7.51. The molecule has 1 fully saturated rings. The van der Waals surface area contributed by atoms with Gasteiger partial charge in [-0.3, -0.25) is 0 Å². The normalized spacial score (nSPS) is 15.4. The lowest BCUT2D eigenvalue weighted by Crippen LogP contribution is -2.35. The summed E-state index contributed by atoms with van der Waals surface area (Å²) in [5.74, 6) is 1.43. The molecule has 2 N–H and O–H groups in total. The van der Waals surface area contributed by atoms with Gasteiger partial charge in [-0.05, 0) is 51.1 Å². The summed E-state index contributed by atoms with van der Waals surface area (Å²) in [6.45, 7) is 3.96. The predicted molar refractivity (Wildman–Crippen MR) is 92.9 cm³/mol. The summed E-state index contributed by atoms with van der Waals surface area (Å²) in [5, 5.41) is 12.4. The van der Waals surface area contributed by atoms with Crippen LogP contribution in [0.1, 0.15) is 18.7 Å². The number of hydrogen-bond acceptors (Lipinski definition) is 4. The average Bonchev–Trinajstić information content (AvgIpc) is 2.80. The topological polar surface area (TPSA) is 54.8 Å². The van der Waals surface area contributed by atoms with Crippen LogP contribution in [0.4, 0.5) is 5.95 Å². The van der Waals surface area contributed by atoms with Gasteiger partial charge in [-0.25, -0.2) is 4.68 Å². The summed E-state index contributed by atoms with van der Waals surface area (Å²) < 4.78 is 1.74. The third-order valence-electron chi connectivity index (χ3n) is 3.58. The number of rotatable bonds is 3. The van der Waals surface area contributed by atoms with Crippen LogP contribution in [0, 0.1) is 6.92 Å². The Hall–Kier alpha value is -1.01. The van der Waals surface area contributed by atoms with Crippen LogP contribution < -0.4 is 10.6 Å². The van der Waals surface area contributed by atoms with Crippen molar-refractivity contribution >= 4 is 41.6 Å². The van der Waals surface area contributed by atoms with E-state index < -0.39 is 0 Å². The Morgan fingerprint density at radius 3 is 2.68 bits per heavy atom. The Morgan fingerprint density at radius 1 is 1.27 bits per heavy atom. The highest BCUT2D eigenvalue weighted by atomic mass is 35.5. The molecule has 0 spiro atoms. The second-order valence-electron chi connectivity index (χ2n) is 5.16. The SMILES string of the molecule is Cc1nc(NC2CCNCC2)nn1-c1ccc(Cl)cc1Cl.Cl. The molecule has 22 heavy (non-hydrogen) atoms. The van der Waals surface area contributed by atoms with Crippen molar-refractivity contribution in [3.05, 3.63) is 34.1 Å². The number of aryl methyl sites for hydroxylation is 1. The van der Waals surface area contributed by atoms with Crippen molar-refractivity contribution in [1.82, 2.24) is 20.1 Å². The number of aromatic nitrogens is 3. The van der Waals surface area contributed by atoms with Crippen LogP contribution in [-0.4, -0.2) is 33.9 Å². The second-order valence-corrected chi connectivity index (χ2v) is 6.00.